The minimum absolute atomic E-state index is 0.230. The largest absolute Gasteiger partial charge is 0.396 e. The molecule has 1 aliphatic carbocycles. The Labute approximate surface area is 201 Å². The summed E-state index contributed by atoms with van der Waals surface area (Å²) in [5, 5.41) is 18.9. The number of hydrogen-bond donors (Lipinski definition) is 2. The highest BCUT2D eigenvalue weighted by atomic mass is 32.1. The van der Waals surface area contributed by atoms with E-state index in [1.807, 2.05) is 47.9 Å². The van der Waals surface area contributed by atoms with Gasteiger partial charge in [0, 0.05) is 50.9 Å². The highest BCUT2D eigenvalue weighted by Gasteiger charge is 2.31. The molecule has 0 saturated heterocycles. The number of nitrogens with one attached hydrogen (secondary N) is 1. The number of rotatable bonds is 6. The van der Waals surface area contributed by atoms with E-state index in [1.165, 1.54) is 0 Å². The number of aliphatic hydroxyl groups is 1. The maximum absolute atomic E-state index is 9.49. The number of nitrogens with zero attached hydrogens (tertiary/aromatic N) is 6. The second-order valence-corrected chi connectivity index (χ2v) is 9.84. The van der Waals surface area contributed by atoms with E-state index in [0.29, 0.717) is 11.7 Å². The number of aryl methyl sites for hydroxylation is 2. The highest BCUT2D eigenvalue weighted by molar-refractivity contribution is 7.22. The molecule has 2 N–H and O–H groups in total. The van der Waals surface area contributed by atoms with Crippen molar-refractivity contribution < 1.29 is 5.11 Å². The fraction of sp³-hybridized carbons (Fsp3) is 0.280. The molecular formula is C25H25N7OS. The summed E-state index contributed by atoms with van der Waals surface area (Å²) in [6.45, 7) is 0.230. The van der Waals surface area contributed by atoms with Gasteiger partial charge in [0.2, 0.25) is 0 Å². The van der Waals surface area contributed by atoms with Crippen LogP contribution in [0.2, 0.25) is 0 Å². The molecule has 1 aliphatic rings. The van der Waals surface area contributed by atoms with Gasteiger partial charge in [-0.1, -0.05) is 30.3 Å². The van der Waals surface area contributed by atoms with Crippen molar-refractivity contribution in [2.45, 2.75) is 18.9 Å². The van der Waals surface area contributed by atoms with Gasteiger partial charge in [-0.05, 0) is 30.4 Å². The van der Waals surface area contributed by atoms with Crippen LogP contribution in [0.3, 0.4) is 0 Å². The van der Waals surface area contributed by atoms with E-state index >= 15 is 0 Å². The van der Waals surface area contributed by atoms with Crippen LogP contribution in [0.5, 0.6) is 0 Å². The van der Waals surface area contributed by atoms with E-state index in [1.54, 1.807) is 17.5 Å². The number of aromatic nitrogens is 6. The predicted octanol–water partition coefficient (Wildman–Crippen LogP) is 4.34. The van der Waals surface area contributed by atoms with Gasteiger partial charge < -0.3 is 15.0 Å². The van der Waals surface area contributed by atoms with Crippen LogP contribution in [0.15, 0.2) is 55.0 Å². The lowest BCUT2D eigenvalue weighted by atomic mass is 9.81. The summed E-state index contributed by atoms with van der Waals surface area (Å²) in [5.41, 5.74) is 3.11. The minimum Gasteiger partial charge on any atom is -0.396 e. The Bertz CT molecular complexity index is 1460. The second-order valence-electron chi connectivity index (χ2n) is 8.85. The van der Waals surface area contributed by atoms with Crippen LogP contribution < -0.4 is 5.32 Å². The van der Waals surface area contributed by atoms with Gasteiger partial charge in [-0.25, -0.2) is 15.0 Å². The van der Waals surface area contributed by atoms with Gasteiger partial charge in [-0.2, -0.15) is 5.10 Å². The standard InChI is InChI=1S/C25H25N7OS/c1-31-11-9-26-24(31)23-28-22(27-17-12-15(13-17)14-33)20-19(16-6-4-3-5-7-16)21(34-25(20)29-23)18-8-10-32(2)30-18/h3-11,15,17,33H,12-14H2,1-2H3,(H,27,28,29). The number of thiophene rings is 1. The van der Waals surface area contributed by atoms with E-state index in [4.69, 9.17) is 15.1 Å². The van der Waals surface area contributed by atoms with Crippen LogP contribution in [-0.2, 0) is 14.1 Å². The first-order chi connectivity index (χ1) is 16.6. The number of anilines is 1. The lowest BCUT2D eigenvalue weighted by Crippen LogP contribution is -2.37. The molecule has 0 spiro atoms. The molecule has 6 rings (SSSR count). The zero-order valence-corrected chi connectivity index (χ0v) is 19.8. The molecule has 0 amide bonds. The van der Waals surface area contributed by atoms with Crippen molar-refractivity contribution >= 4 is 27.4 Å². The summed E-state index contributed by atoms with van der Waals surface area (Å²) < 4.78 is 3.75. The lowest BCUT2D eigenvalue weighted by molar-refractivity contribution is 0.151. The fourth-order valence-electron chi connectivity index (χ4n) is 4.58. The molecule has 1 fully saturated rings. The molecule has 4 aromatic heterocycles. The molecule has 1 saturated carbocycles. The minimum atomic E-state index is 0.230. The number of fused-ring (bicyclic) bond motifs is 1. The monoisotopic (exact) mass is 471 g/mol. The Morgan fingerprint density at radius 1 is 1.09 bits per heavy atom. The number of hydrogen-bond acceptors (Lipinski definition) is 7. The van der Waals surface area contributed by atoms with Crippen LogP contribution in [0.25, 0.3) is 43.6 Å². The lowest BCUT2D eigenvalue weighted by Gasteiger charge is -2.35. The summed E-state index contributed by atoms with van der Waals surface area (Å²) in [7, 11) is 3.88. The zero-order chi connectivity index (χ0) is 23.2. The van der Waals surface area contributed by atoms with E-state index in [2.05, 4.69) is 34.6 Å². The fourth-order valence-corrected chi connectivity index (χ4v) is 5.74. The van der Waals surface area contributed by atoms with Crippen molar-refractivity contribution in [3.63, 3.8) is 0 Å². The molecule has 0 radical (unpaired) electrons. The molecule has 9 heteroatoms. The molecule has 5 aromatic rings. The highest BCUT2D eigenvalue weighted by Crippen LogP contribution is 2.47. The first-order valence-electron chi connectivity index (χ1n) is 11.4. The van der Waals surface area contributed by atoms with Crippen molar-refractivity contribution in [1.82, 2.24) is 29.3 Å². The summed E-state index contributed by atoms with van der Waals surface area (Å²) in [6, 6.07) is 12.7. The van der Waals surface area contributed by atoms with Gasteiger partial charge in [0.15, 0.2) is 11.6 Å². The summed E-state index contributed by atoms with van der Waals surface area (Å²) in [5.74, 6) is 2.47. The Morgan fingerprint density at radius 2 is 1.91 bits per heavy atom. The van der Waals surface area contributed by atoms with Crippen molar-refractivity contribution in [3.05, 3.63) is 55.0 Å². The predicted molar refractivity (Wildman–Crippen MR) is 134 cm³/mol. The number of benzene rings is 1. The maximum atomic E-state index is 9.49. The van der Waals surface area contributed by atoms with E-state index < -0.39 is 0 Å². The van der Waals surface area contributed by atoms with Gasteiger partial charge >= 0.3 is 0 Å². The Morgan fingerprint density at radius 3 is 2.59 bits per heavy atom. The molecule has 172 valence electrons. The molecule has 0 bridgehead atoms. The topological polar surface area (TPSA) is 93.7 Å². The van der Waals surface area contributed by atoms with Gasteiger partial charge in [0.05, 0.1) is 10.3 Å². The van der Waals surface area contributed by atoms with Crippen LogP contribution in [0.4, 0.5) is 5.82 Å². The molecule has 1 aromatic carbocycles. The van der Waals surface area contributed by atoms with Crippen LogP contribution >= 0.6 is 11.3 Å². The maximum Gasteiger partial charge on any atom is 0.199 e. The molecular weight excluding hydrogens is 446 g/mol. The first-order valence-corrected chi connectivity index (χ1v) is 12.2. The number of imidazole rings is 1. The Hall–Kier alpha value is -3.56. The third-order valence-corrected chi connectivity index (χ3v) is 7.52. The molecule has 34 heavy (non-hydrogen) atoms. The SMILES string of the molecule is Cn1ccc(-c2sc3nc(-c4nccn4C)nc(NC4CC(CO)C4)c3c2-c2ccccc2)n1. The number of aliphatic hydroxyl groups excluding tert-OH is 1. The van der Waals surface area contributed by atoms with Crippen molar-refractivity contribution in [3.8, 4) is 33.3 Å². The Kier molecular flexibility index (Phi) is 5.15. The summed E-state index contributed by atoms with van der Waals surface area (Å²) in [6.07, 6.45) is 7.48. The molecule has 0 atom stereocenters. The molecule has 0 unspecified atom stereocenters. The normalized spacial score (nSPS) is 17.7. The van der Waals surface area contributed by atoms with Crippen molar-refractivity contribution in [2.24, 2.45) is 20.0 Å². The summed E-state index contributed by atoms with van der Waals surface area (Å²) in [4.78, 5) is 16.4. The van der Waals surface area contributed by atoms with Gasteiger partial charge in [0.1, 0.15) is 16.3 Å². The van der Waals surface area contributed by atoms with E-state index in [-0.39, 0.29) is 12.6 Å². The first kappa shape index (κ1) is 21.0. The van der Waals surface area contributed by atoms with Crippen molar-refractivity contribution in [2.75, 3.05) is 11.9 Å². The van der Waals surface area contributed by atoms with Gasteiger partial charge in [-0.15, -0.1) is 11.3 Å². The van der Waals surface area contributed by atoms with Crippen molar-refractivity contribution in [1.29, 1.82) is 0 Å². The second kappa shape index (κ2) is 8.34. The van der Waals surface area contributed by atoms with Crippen LogP contribution in [0, 0.1) is 5.92 Å². The van der Waals surface area contributed by atoms with E-state index in [9.17, 15) is 5.11 Å². The van der Waals surface area contributed by atoms with Crippen LogP contribution in [-0.4, -0.2) is 47.1 Å². The average Bonchev–Trinajstić information content (AvgIpc) is 3.54. The third-order valence-electron chi connectivity index (χ3n) is 6.42. The zero-order valence-electron chi connectivity index (χ0n) is 19.0. The smallest absolute Gasteiger partial charge is 0.199 e. The molecule has 4 heterocycles. The summed E-state index contributed by atoms with van der Waals surface area (Å²) >= 11 is 1.63. The molecule has 0 aliphatic heterocycles. The van der Waals surface area contributed by atoms with E-state index in [0.717, 1.165) is 56.4 Å². The quantitative estimate of drug-likeness (QED) is 0.383. The average molecular weight is 472 g/mol. The molecule has 8 nitrogen and oxygen atoms in total. The van der Waals surface area contributed by atoms with Gasteiger partial charge in [0.25, 0.3) is 0 Å². The van der Waals surface area contributed by atoms with Crippen LogP contribution in [0.1, 0.15) is 12.8 Å². The van der Waals surface area contributed by atoms with Gasteiger partial charge in [-0.3, -0.25) is 4.68 Å². The third kappa shape index (κ3) is 3.57. The Balaban J connectivity index is 1.60.